The Balaban J connectivity index is 1.85. The highest BCUT2D eigenvalue weighted by Crippen LogP contribution is 2.30. The number of halogens is 1. The normalized spacial score (nSPS) is 11.1. The van der Waals surface area contributed by atoms with Gasteiger partial charge < -0.3 is 15.7 Å². The van der Waals surface area contributed by atoms with Gasteiger partial charge in [0.2, 0.25) is 0 Å². The minimum atomic E-state index is -0.555. The summed E-state index contributed by atoms with van der Waals surface area (Å²) in [6, 6.07) is 17.5. The number of amides is 1. The van der Waals surface area contributed by atoms with Crippen molar-refractivity contribution >= 4 is 39.7 Å². The van der Waals surface area contributed by atoms with Gasteiger partial charge in [0.15, 0.2) is 0 Å². The molecule has 6 heteroatoms. The third-order valence-electron chi connectivity index (χ3n) is 4.08. The quantitative estimate of drug-likeness (QED) is 0.443. The highest BCUT2D eigenvalue weighted by molar-refractivity contribution is 6.30. The largest absolute Gasteiger partial charge is 0.507 e. The zero-order chi connectivity index (χ0) is 19.4. The number of aromatic hydroxyl groups is 1. The summed E-state index contributed by atoms with van der Waals surface area (Å²) in [7, 11) is 0. The van der Waals surface area contributed by atoms with Gasteiger partial charge in [0.25, 0.3) is 5.91 Å². The lowest BCUT2D eigenvalue weighted by Crippen LogP contribution is -2.14. The topological polar surface area (TPSA) is 85.2 Å². The van der Waals surface area contributed by atoms with E-state index < -0.39 is 5.91 Å². The second kappa shape index (κ2) is 7.81. The molecule has 3 rings (SSSR count). The number of nitriles is 1. The fraction of sp³-hybridized carbons (Fsp3) is 0.0476. The van der Waals surface area contributed by atoms with E-state index in [-0.39, 0.29) is 11.3 Å². The van der Waals surface area contributed by atoms with Crippen LogP contribution in [0.4, 0.5) is 11.4 Å². The number of nitrogens with one attached hydrogen (secondary N) is 2. The zero-order valence-corrected chi connectivity index (χ0v) is 15.2. The lowest BCUT2D eigenvalue weighted by atomic mass is 10.1. The molecule has 134 valence electrons. The second-order valence-corrected chi connectivity index (χ2v) is 6.34. The third kappa shape index (κ3) is 4.02. The van der Waals surface area contributed by atoms with E-state index >= 15 is 0 Å². The van der Waals surface area contributed by atoms with Crippen molar-refractivity contribution in [3.8, 4) is 11.8 Å². The van der Waals surface area contributed by atoms with E-state index in [2.05, 4.69) is 10.6 Å². The van der Waals surface area contributed by atoms with Gasteiger partial charge in [-0.05, 0) is 36.8 Å². The molecule has 0 atom stereocenters. The van der Waals surface area contributed by atoms with Crippen LogP contribution in [-0.2, 0) is 4.79 Å². The number of carbonyl (C=O) groups is 1. The van der Waals surface area contributed by atoms with Crippen LogP contribution in [0.25, 0.3) is 10.8 Å². The predicted molar refractivity (Wildman–Crippen MR) is 108 cm³/mol. The molecule has 0 saturated heterocycles. The van der Waals surface area contributed by atoms with Gasteiger partial charge in [-0.2, -0.15) is 5.26 Å². The van der Waals surface area contributed by atoms with Crippen LogP contribution < -0.4 is 10.6 Å². The summed E-state index contributed by atoms with van der Waals surface area (Å²) in [5.41, 5.74) is 2.05. The van der Waals surface area contributed by atoms with Gasteiger partial charge in [-0.1, -0.05) is 41.9 Å². The lowest BCUT2D eigenvalue weighted by molar-refractivity contribution is -0.112. The third-order valence-corrected chi connectivity index (χ3v) is 4.32. The second-order valence-electron chi connectivity index (χ2n) is 5.91. The molecule has 5 nitrogen and oxygen atoms in total. The number of phenols is 1. The maximum atomic E-state index is 12.5. The minimum Gasteiger partial charge on any atom is -0.507 e. The van der Waals surface area contributed by atoms with Gasteiger partial charge in [-0.3, -0.25) is 4.79 Å². The van der Waals surface area contributed by atoms with Gasteiger partial charge >= 0.3 is 0 Å². The van der Waals surface area contributed by atoms with E-state index in [4.69, 9.17) is 11.6 Å². The number of rotatable bonds is 4. The molecule has 1 amide bonds. The molecule has 0 bridgehead atoms. The first-order valence-electron chi connectivity index (χ1n) is 8.14. The SMILES string of the molecule is Cc1ccc(Cl)cc1N/C=C(/C#N)C(=O)Nc1cccc2c(O)cccc12. The maximum absolute atomic E-state index is 12.5. The summed E-state index contributed by atoms with van der Waals surface area (Å²) < 4.78 is 0. The van der Waals surface area contributed by atoms with Crippen LogP contribution in [0.1, 0.15) is 5.56 Å². The maximum Gasteiger partial charge on any atom is 0.267 e. The van der Waals surface area contributed by atoms with Gasteiger partial charge in [-0.15, -0.1) is 0 Å². The van der Waals surface area contributed by atoms with Crippen LogP contribution >= 0.6 is 11.6 Å². The van der Waals surface area contributed by atoms with Crippen molar-refractivity contribution in [2.24, 2.45) is 0 Å². The highest BCUT2D eigenvalue weighted by Gasteiger charge is 2.12. The predicted octanol–water partition coefficient (Wildman–Crippen LogP) is 4.97. The summed E-state index contributed by atoms with van der Waals surface area (Å²) in [5.74, 6) is -0.432. The Morgan fingerprint density at radius 1 is 1.11 bits per heavy atom. The van der Waals surface area contributed by atoms with Gasteiger partial charge in [0.05, 0.1) is 0 Å². The van der Waals surface area contributed by atoms with Crippen LogP contribution in [0.3, 0.4) is 0 Å². The average molecular weight is 378 g/mol. The number of phenolic OH excluding ortho intramolecular Hbond substituents is 1. The first-order chi connectivity index (χ1) is 13.0. The fourth-order valence-corrected chi connectivity index (χ4v) is 2.81. The standard InChI is InChI=1S/C21H16ClN3O2/c1-13-8-9-15(22)10-19(13)24-12-14(11-23)21(27)25-18-6-2-5-17-16(18)4-3-7-20(17)26/h2-10,12,24,26H,1H3,(H,25,27)/b14-12-. The number of anilines is 2. The summed E-state index contributed by atoms with van der Waals surface area (Å²) in [5, 5.41) is 26.8. The molecular weight excluding hydrogens is 362 g/mol. The number of nitrogens with zero attached hydrogens (tertiary/aromatic N) is 1. The van der Waals surface area contributed by atoms with E-state index in [0.717, 1.165) is 5.56 Å². The smallest absolute Gasteiger partial charge is 0.267 e. The van der Waals surface area contributed by atoms with Crippen molar-refractivity contribution in [3.05, 3.63) is 77.0 Å². The lowest BCUT2D eigenvalue weighted by Gasteiger charge is -2.10. The molecule has 27 heavy (non-hydrogen) atoms. The molecule has 0 heterocycles. The summed E-state index contributed by atoms with van der Waals surface area (Å²) in [4.78, 5) is 12.5. The minimum absolute atomic E-state index is 0.0912. The van der Waals surface area contributed by atoms with E-state index in [9.17, 15) is 15.2 Å². The van der Waals surface area contributed by atoms with E-state index in [0.29, 0.717) is 27.2 Å². The molecule has 0 radical (unpaired) electrons. The Bertz CT molecular complexity index is 1100. The molecular formula is C21H16ClN3O2. The van der Waals surface area contributed by atoms with Gasteiger partial charge in [0, 0.05) is 33.4 Å². The van der Waals surface area contributed by atoms with Crippen LogP contribution in [0.15, 0.2) is 66.4 Å². The van der Waals surface area contributed by atoms with E-state index in [1.807, 2.05) is 19.1 Å². The highest BCUT2D eigenvalue weighted by atomic mass is 35.5. The van der Waals surface area contributed by atoms with Crippen molar-refractivity contribution in [1.29, 1.82) is 5.26 Å². The molecule has 0 aliphatic heterocycles. The Labute approximate surface area is 161 Å². The monoisotopic (exact) mass is 377 g/mol. The number of fused-ring (bicyclic) bond motifs is 1. The number of hydrogen-bond donors (Lipinski definition) is 3. The molecule has 0 saturated carbocycles. The Kier molecular flexibility index (Phi) is 5.30. The van der Waals surface area contributed by atoms with Crippen LogP contribution in [0.5, 0.6) is 5.75 Å². The molecule has 3 aromatic carbocycles. The van der Waals surface area contributed by atoms with Crippen LogP contribution in [0.2, 0.25) is 5.02 Å². The zero-order valence-electron chi connectivity index (χ0n) is 14.5. The number of hydrogen-bond acceptors (Lipinski definition) is 4. The van der Waals surface area contributed by atoms with Gasteiger partial charge in [-0.25, -0.2) is 0 Å². The molecule has 0 aliphatic rings. The molecule has 0 spiro atoms. The average Bonchev–Trinajstić information content (AvgIpc) is 2.66. The van der Waals surface area contributed by atoms with Crippen LogP contribution in [-0.4, -0.2) is 11.0 Å². The number of benzene rings is 3. The van der Waals surface area contributed by atoms with Crippen molar-refractivity contribution in [3.63, 3.8) is 0 Å². The number of aryl methyl sites for hydroxylation is 1. The number of carbonyl (C=O) groups excluding carboxylic acids is 1. The van der Waals surface area contributed by atoms with Crippen molar-refractivity contribution in [2.45, 2.75) is 6.92 Å². The fourth-order valence-electron chi connectivity index (χ4n) is 2.64. The Morgan fingerprint density at radius 3 is 2.63 bits per heavy atom. The summed E-state index contributed by atoms with van der Waals surface area (Å²) in [6.07, 6.45) is 1.34. The molecule has 3 aromatic rings. The molecule has 0 aromatic heterocycles. The Hall–Kier alpha value is -3.49. The van der Waals surface area contributed by atoms with Crippen molar-refractivity contribution in [2.75, 3.05) is 10.6 Å². The molecule has 0 unspecified atom stereocenters. The Morgan fingerprint density at radius 2 is 1.85 bits per heavy atom. The van der Waals surface area contributed by atoms with Gasteiger partial charge in [0.1, 0.15) is 17.4 Å². The van der Waals surface area contributed by atoms with Crippen molar-refractivity contribution in [1.82, 2.24) is 0 Å². The summed E-state index contributed by atoms with van der Waals surface area (Å²) in [6.45, 7) is 1.89. The van der Waals surface area contributed by atoms with Crippen molar-refractivity contribution < 1.29 is 9.90 Å². The molecule has 0 aliphatic carbocycles. The summed E-state index contributed by atoms with van der Waals surface area (Å²) >= 11 is 5.98. The van der Waals surface area contributed by atoms with Crippen LogP contribution in [0, 0.1) is 18.3 Å². The van der Waals surface area contributed by atoms with E-state index in [1.165, 1.54) is 6.20 Å². The van der Waals surface area contributed by atoms with E-state index in [1.54, 1.807) is 48.5 Å². The first kappa shape index (κ1) is 18.3. The molecule has 0 fully saturated rings. The molecule has 3 N–H and O–H groups in total. The first-order valence-corrected chi connectivity index (χ1v) is 8.52.